The molecule has 1 N–H and O–H groups in total. The molecule has 3 aromatic rings. The third-order valence-electron chi connectivity index (χ3n) is 3.81. The SMILES string of the molecule is Cc1ccc(C(=O)Nc2ccc(CC(F)(F)F)cc2)cc1-c1cncs1. The maximum atomic E-state index is 12.5. The molecule has 1 heterocycles. The highest BCUT2D eigenvalue weighted by Crippen LogP contribution is 2.28. The third kappa shape index (κ3) is 4.49. The van der Waals surface area contributed by atoms with E-state index in [2.05, 4.69) is 10.3 Å². The molecule has 0 aliphatic carbocycles. The van der Waals surface area contributed by atoms with E-state index in [1.807, 2.05) is 13.0 Å². The molecule has 0 aliphatic rings. The Labute approximate surface area is 152 Å². The van der Waals surface area contributed by atoms with Gasteiger partial charge in [0, 0.05) is 17.4 Å². The molecule has 2 aromatic carbocycles. The first-order chi connectivity index (χ1) is 12.3. The van der Waals surface area contributed by atoms with Crippen molar-refractivity contribution in [2.75, 3.05) is 5.32 Å². The van der Waals surface area contributed by atoms with E-state index in [0.717, 1.165) is 16.0 Å². The monoisotopic (exact) mass is 376 g/mol. The number of halogens is 3. The molecule has 0 bridgehead atoms. The predicted molar refractivity (Wildman–Crippen MR) is 96.4 cm³/mol. The van der Waals surface area contributed by atoms with E-state index < -0.39 is 12.6 Å². The minimum atomic E-state index is -4.25. The first kappa shape index (κ1) is 18.1. The van der Waals surface area contributed by atoms with Gasteiger partial charge in [-0.1, -0.05) is 18.2 Å². The number of amides is 1. The summed E-state index contributed by atoms with van der Waals surface area (Å²) in [5.74, 6) is -0.320. The molecule has 0 spiro atoms. The number of carbonyl (C=O) groups is 1. The van der Waals surface area contributed by atoms with E-state index >= 15 is 0 Å². The van der Waals surface area contributed by atoms with Gasteiger partial charge in [-0.2, -0.15) is 13.2 Å². The van der Waals surface area contributed by atoms with Crippen LogP contribution >= 0.6 is 11.3 Å². The summed E-state index contributed by atoms with van der Waals surface area (Å²) in [7, 11) is 0. The van der Waals surface area contributed by atoms with Gasteiger partial charge in [-0.05, 0) is 47.9 Å². The van der Waals surface area contributed by atoms with Crippen LogP contribution in [0.4, 0.5) is 18.9 Å². The van der Waals surface area contributed by atoms with Gasteiger partial charge in [0.2, 0.25) is 0 Å². The molecule has 3 nitrogen and oxygen atoms in total. The first-order valence-corrected chi connectivity index (χ1v) is 8.66. The topological polar surface area (TPSA) is 42.0 Å². The van der Waals surface area contributed by atoms with E-state index in [4.69, 9.17) is 0 Å². The number of hydrogen-bond donors (Lipinski definition) is 1. The Morgan fingerprint density at radius 3 is 2.50 bits per heavy atom. The number of aryl methyl sites for hydroxylation is 1. The summed E-state index contributed by atoms with van der Waals surface area (Å²) in [6.07, 6.45) is -3.49. The molecule has 0 unspecified atom stereocenters. The van der Waals surface area contributed by atoms with Gasteiger partial charge >= 0.3 is 6.18 Å². The average molecular weight is 376 g/mol. The molecule has 0 atom stereocenters. The Morgan fingerprint density at radius 1 is 1.15 bits per heavy atom. The van der Waals surface area contributed by atoms with Crippen LogP contribution < -0.4 is 5.32 Å². The molecule has 0 radical (unpaired) electrons. The van der Waals surface area contributed by atoms with Crippen LogP contribution in [0.2, 0.25) is 0 Å². The third-order valence-corrected chi connectivity index (χ3v) is 4.62. The molecule has 1 aromatic heterocycles. The maximum absolute atomic E-state index is 12.5. The Bertz CT molecular complexity index is 904. The highest BCUT2D eigenvalue weighted by molar-refractivity contribution is 7.13. The van der Waals surface area contributed by atoms with Crippen molar-refractivity contribution in [1.82, 2.24) is 4.98 Å². The van der Waals surface area contributed by atoms with E-state index in [9.17, 15) is 18.0 Å². The zero-order valence-corrected chi connectivity index (χ0v) is 14.6. The fourth-order valence-electron chi connectivity index (χ4n) is 2.52. The second kappa shape index (κ2) is 7.29. The summed E-state index contributed by atoms with van der Waals surface area (Å²) >= 11 is 1.49. The zero-order chi connectivity index (χ0) is 18.7. The van der Waals surface area contributed by atoms with Gasteiger partial charge in [0.15, 0.2) is 0 Å². The number of hydrogen-bond acceptors (Lipinski definition) is 3. The molecular weight excluding hydrogens is 361 g/mol. The van der Waals surface area contributed by atoms with Gasteiger partial charge in [0.05, 0.1) is 16.8 Å². The van der Waals surface area contributed by atoms with Crippen molar-refractivity contribution in [3.05, 3.63) is 70.9 Å². The number of thiazole rings is 1. The minimum Gasteiger partial charge on any atom is -0.322 e. The Morgan fingerprint density at radius 2 is 1.88 bits per heavy atom. The zero-order valence-electron chi connectivity index (χ0n) is 13.8. The van der Waals surface area contributed by atoms with E-state index in [1.165, 1.54) is 35.6 Å². The van der Waals surface area contributed by atoms with Crippen LogP contribution in [0.15, 0.2) is 54.2 Å². The quantitative estimate of drug-likeness (QED) is 0.655. The number of rotatable bonds is 4. The molecule has 0 saturated carbocycles. The second-order valence-electron chi connectivity index (χ2n) is 5.84. The van der Waals surface area contributed by atoms with E-state index in [1.54, 1.807) is 23.8 Å². The van der Waals surface area contributed by atoms with E-state index in [0.29, 0.717) is 11.3 Å². The number of anilines is 1. The minimum absolute atomic E-state index is 0.151. The van der Waals surface area contributed by atoms with Crippen molar-refractivity contribution < 1.29 is 18.0 Å². The van der Waals surface area contributed by atoms with Crippen LogP contribution in [-0.4, -0.2) is 17.1 Å². The van der Waals surface area contributed by atoms with Crippen LogP contribution in [0.25, 0.3) is 10.4 Å². The lowest BCUT2D eigenvalue weighted by Gasteiger charge is -2.10. The molecule has 0 saturated heterocycles. The standard InChI is InChI=1S/C19H15F3N2OS/c1-12-2-5-14(8-16(12)17-10-23-11-26-17)18(25)24-15-6-3-13(4-7-15)9-19(20,21)22/h2-8,10-11H,9H2,1H3,(H,24,25). The Hall–Kier alpha value is -2.67. The lowest BCUT2D eigenvalue weighted by atomic mass is 10.0. The second-order valence-corrected chi connectivity index (χ2v) is 6.72. The summed E-state index contributed by atoms with van der Waals surface area (Å²) in [4.78, 5) is 17.5. The molecule has 3 rings (SSSR count). The van der Waals surface area contributed by atoms with Gasteiger partial charge < -0.3 is 5.32 Å². The molecule has 7 heteroatoms. The number of carbonyl (C=O) groups excluding carboxylic acids is 1. The van der Waals surface area contributed by atoms with Gasteiger partial charge in [0.1, 0.15) is 0 Å². The molecule has 134 valence electrons. The summed E-state index contributed by atoms with van der Waals surface area (Å²) in [6.45, 7) is 1.95. The van der Waals surface area contributed by atoms with Crippen molar-refractivity contribution in [3.8, 4) is 10.4 Å². The van der Waals surface area contributed by atoms with Crippen LogP contribution in [-0.2, 0) is 6.42 Å². The van der Waals surface area contributed by atoms with Crippen molar-refractivity contribution >= 4 is 22.9 Å². The number of nitrogens with zero attached hydrogens (tertiary/aromatic N) is 1. The lowest BCUT2D eigenvalue weighted by molar-refractivity contribution is -0.127. The van der Waals surface area contributed by atoms with Gasteiger partial charge in [0.25, 0.3) is 5.91 Å². The Kier molecular flexibility index (Phi) is 5.08. The molecule has 0 fully saturated rings. The summed E-state index contributed by atoms with van der Waals surface area (Å²) in [5, 5.41) is 2.71. The fourth-order valence-corrected chi connectivity index (χ4v) is 3.22. The predicted octanol–water partition coefficient (Wildman–Crippen LogP) is 5.48. The largest absolute Gasteiger partial charge is 0.393 e. The van der Waals surface area contributed by atoms with Crippen LogP contribution in [0.5, 0.6) is 0 Å². The number of nitrogens with one attached hydrogen (secondary N) is 1. The molecular formula is C19H15F3N2OS. The van der Waals surface area contributed by atoms with Crippen LogP contribution in [0.3, 0.4) is 0 Å². The molecule has 0 aliphatic heterocycles. The lowest BCUT2D eigenvalue weighted by Crippen LogP contribution is -2.13. The van der Waals surface area contributed by atoms with Crippen LogP contribution in [0, 0.1) is 6.92 Å². The Balaban J connectivity index is 1.75. The summed E-state index contributed by atoms with van der Waals surface area (Å²) < 4.78 is 37.2. The average Bonchev–Trinajstić information content (AvgIpc) is 3.10. The number of benzene rings is 2. The normalized spacial score (nSPS) is 11.4. The van der Waals surface area contributed by atoms with Gasteiger partial charge in [-0.3, -0.25) is 9.78 Å². The smallest absolute Gasteiger partial charge is 0.322 e. The van der Waals surface area contributed by atoms with Crippen molar-refractivity contribution in [2.45, 2.75) is 19.5 Å². The van der Waals surface area contributed by atoms with Crippen molar-refractivity contribution in [3.63, 3.8) is 0 Å². The fraction of sp³-hybridized carbons (Fsp3) is 0.158. The highest BCUT2D eigenvalue weighted by Gasteiger charge is 2.27. The first-order valence-electron chi connectivity index (χ1n) is 7.78. The van der Waals surface area contributed by atoms with Crippen molar-refractivity contribution in [1.29, 1.82) is 0 Å². The highest BCUT2D eigenvalue weighted by atomic mass is 32.1. The van der Waals surface area contributed by atoms with Crippen LogP contribution in [0.1, 0.15) is 21.5 Å². The van der Waals surface area contributed by atoms with Crippen molar-refractivity contribution in [2.24, 2.45) is 0 Å². The molecule has 1 amide bonds. The number of alkyl halides is 3. The van der Waals surface area contributed by atoms with Gasteiger partial charge in [-0.15, -0.1) is 11.3 Å². The maximum Gasteiger partial charge on any atom is 0.393 e. The van der Waals surface area contributed by atoms with E-state index in [-0.39, 0.29) is 11.5 Å². The van der Waals surface area contributed by atoms with Gasteiger partial charge in [-0.25, -0.2) is 0 Å². The number of aromatic nitrogens is 1. The summed E-state index contributed by atoms with van der Waals surface area (Å²) in [5.41, 5.74) is 4.75. The summed E-state index contributed by atoms with van der Waals surface area (Å²) in [6, 6.07) is 11.0. The molecule has 26 heavy (non-hydrogen) atoms.